The Morgan fingerprint density at radius 1 is 1.28 bits per heavy atom. The van der Waals surface area contributed by atoms with E-state index in [1.165, 1.54) is 0 Å². The molecule has 0 bridgehead atoms. The van der Waals surface area contributed by atoms with E-state index in [2.05, 4.69) is 6.92 Å². The van der Waals surface area contributed by atoms with Gasteiger partial charge in [-0.2, -0.15) is 0 Å². The molecule has 0 aromatic rings. The predicted molar refractivity (Wildman–Crippen MR) is 71.3 cm³/mol. The number of carbonyl (C=O) groups is 2. The first-order valence-corrected chi connectivity index (χ1v) is 7.02. The maximum absolute atomic E-state index is 12.1. The van der Waals surface area contributed by atoms with Crippen molar-refractivity contribution in [2.45, 2.75) is 71.8 Å². The summed E-state index contributed by atoms with van der Waals surface area (Å²) >= 11 is 0. The second-order valence-electron chi connectivity index (χ2n) is 5.01. The standard InChI is InChI=1S/C15H24O3/c1-4-6-7-9-12-11(3)10-13(15(12)17)18-14(16)8-5-2/h13H,4-10H2,1-3H3. The first kappa shape index (κ1) is 14.9. The van der Waals surface area contributed by atoms with Gasteiger partial charge < -0.3 is 4.74 Å². The van der Waals surface area contributed by atoms with Gasteiger partial charge in [-0.05, 0) is 31.8 Å². The van der Waals surface area contributed by atoms with Crippen molar-refractivity contribution in [1.82, 2.24) is 0 Å². The van der Waals surface area contributed by atoms with Gasteiger partial charge >= 0.3 is 5.97 Å². The summed E-state index contributed by atoms with van der Waals surface area (Å²) in [7, 11) is 0. The molecule has 0 spiro atoms. The maximum atomic E-state index is 12.1. The molecule has 0 aromatic heterocycles. The summed E-state index contributed by atoms with van der Waals surface area (Å²) in [6.07, 6.45) is 5.38. The number of Topliss-reactive ketones (excluding diaryl/α,β-unsaturated/α-hetero) is 1. The fraction of sp³-hybridized carbons (Fsp3) is 0.733. The summed E-state index contributed by atoms with van der Waals surface area (Å²) in [5.41, 5.74) is 2.00. The number of hydrogen-bond acceptors (Lipinski definition) is 3. The molecule has 0 aromatic carbocycles. The van der Waals surface area contributed by atoms with Gasteiger partial charge in [-0.3, -0.25) is 9.59 Å². The van der Waals surface area contributed by atoms with E-state index < -0.39 is 6.10 Å². The second kappa shape index (κ2) is 7.34. The van der Waals surface area contributed by atoms with E-state index in [9.17, 15) is 9.59 Å². The van der Waals surface area contributed by atoms with Gasteiger partial charge in [-0.25, -0.2) is 0 Å². The Labute approximate surface area is 110 Å². The van der Waals surface area contributed by atoms with Crippen LogP contribution in [-0.2, 0) is 14.3 Å². The van der Waals surface area contributed by atoms with Gasteiger partial charge in [0.1, 0.15) is 0 Å². The molecule has 1 atom stereocenters. The van der Waals surface area contributed by atoms with Crippen LogP contribution in [0.25, 0.3) is 0 Å². The van der Waals surface area contributed by atoms with Crippen molar-refractivity contribution in [3.63, 3.8) is 0 Å². The molecule has 18 heavy (non-hydrogen) atoms. The molecule has 1 aliphatic carbocycles. The normalized spacial score (nSPS) is 19.5. The molecule has 0 fully saturated rings. The third kappa shape index (κ3) is 3.97. The molecule has 1 aliphatic rings. The number of esters is 1. The highest BCUT2D eigenvalue weighted by Gasteiger charge is 2.33. The van der Waals surface area contributed by atoms with E-state index in [1.807, 2.05) is 13.8 Å². The zero-order valence-electron chi connectivity index (χ0n) is 11.8. The third-order valence-corrected chi connectivity index (χ3v) is 3.35. The maximum Gasteiger partial charge on any atom is 0.306 e. The summed E-state index contributed by atoms with van der Waals surface area (Å²) in [5.74, 6) is -0.216. The number of hydrogen-bond donors (Lipinski definition) is 0. The molecule has 3 nitrogen and oxygen atoms in total. The predicted octanol–water partition coefficient (Wildman–Crippen LogP) is 3.57. The van der Waals surface area contributed by atoms with Crippen molar-refractivity contribution in [2.24, 2.45) is 0 Å². The minimum atomic E-state index is -0.541. The monoisotopic (exact) mass is 252 g/mol. The molecule has 0 amide bonds. The first-order chi connectivity index (χ1) is 8.60. The second-order valence-corrected chi connectivity index (χ2v) is 5.01. The summed E-state index contributed by atoms with van der Waals surface area (Å²) in [6, 6.07) is 0. The average molecular weight is 252 g/mol. The van der Waals surface area contributed by atoms with Crippen LogP contribution in [0.3, 0.4) is 0 Å². The van der Waals surface area contributed by atoms with Gasteiger partial charge in [-0.1, -0.05) is 32.3 Å². The van der Waals surface area contributed by atoms with Gasteiger partial charge in [-0.15, -0.1) is 0 Å². The van der Waals surface area contributed by atoms with Crippen LogP contribution in [-0.4, -0.2) is 17.9 Å². The van der Waals surface area contributed by atoms with E-state index in [1.54, 1.807) is 0 Å². The smallest absolute Gasteiger partial charge is 0.306 e. The SMILES string of the molecule is CCCCCC1=C(C)CC(OC(=O)CCC)C1=O. The van der Waals surface area contributed by atoms with Gasteiger partial charge in [0.2, 0.25) is 0 Å². The van der Waals surface area contributed by atoms with Gasteiger partial charge in [0.05, 0.1) is 0 Å². The molecule has 3 heteroatoms. The Hall–Kier alpha value is -1.12. The van der Waals surface area contributed by atoms with Gasteiger partial charge in [0.25, 0.3) is 0 Å². The lowest BCUT2D eigenvalue weighted by Gasteiger charge is -2.11. The molecule has 0 saturated heterocycles. The van der Waals surface area contributed by atoms with Crippen molar-refractivity contribution < 1.29 is 14.3 Å². The minimum absolute atomic E-state index is 0.0352. The number of rotatable bonds is 7. The van der Waals surface area contributed by atoms with Crippen molar-refractivity contribution in [2.75, 3.05) is 0 Å². The lowest BCUT2D eigenvalue weighted by molar-refractivity contribution is -0.153. The zero-order valence-corrected chi connectivity index (χ0v) is 11.8. The van der Waals surface area contributed by atoms with E-state index >= 15 is 0 Å². The highest BCUT2D eigenvalue weighted by atomic mass is 16.5. The molecular weight excluding hydrogens is 228 g/mol. The summed E-state index contributed by atoms with van der Waals surface area (Å²) < 4.78 is 5.24. The molecule has 102 valence electrons. The Balaban J connectivity index is 2.50. The van der Waals surface area contributed by atoms with E-state index in [0.29, 0.717) is 12.8 Å². The van der Waals surface area contributed by atoms with Crippen LogP contribution in [0.2, 0.25) is 0 Å². The summed E-state index contributed by atoms with van der Waals surface area (Å²) in [5, 5.41) is 0. The fourth-order valence-corrected chi connectivity index (χ4v) is 2.30. The fourth-order valence-electron chi connectivity index (χ4n) is 2.30. The molecular formula is C15H24O3. The van der Waals surface area contributed by atoms with E-state index in [4.69, 9.17) is 4.74 Å². The Morgan fingerprint density at radius 2 is 2.00 bits per heavy atom. The lowest BCUT2D eigenvalue weighted by Crippen LogP contribution is -2.24. The van der Waals surface area contributed by atoms with Crippen molar-refractivity contribution in [3.05, 3.63) is 11.1 Å². The molecule has 1 rings (SSSR count). The molecule has 1 unspecified atom stereocenters. The average Bonchev–Trinajstić information content (AvgIpc) is 2.57. The Bertz CT molecular complexity index is 342. The minimum Gasteiger partial charge on any atom is -0.454 e. The molecule has 0 heterocycles. The zero-order chi connectivity index (χ0) is 13.5. The summed E-state index contributed by atoms with van der Waals surface area (Å²) in [4.78, 5) is 23.5. The van der Waals surface area contributed by atoms with Crippen molar-refractivity contribution in [1.29, 1.82) is 0 Å². The van der Waals surface area contributed by atoms with Crippen molar-refractivity contribution >= 4 is 11.8 Å². The topological polar surface area (TPSA) is 43.4 Å². The van der Waals surface area contributed by atoms with Gasteiger partial charge in [0, 0.05) is 12.8 Å². The number of ether oxygens (including phenoxy) is 1. The van der Waals surface area contributed by atoms with Crippen LogP contribution in [0.4, 0.5) is 0 Å². The van der Waals surface area contributed by atoms with Crippen LogP contribution in [0.5, 0.6) is 0 Å². The number of ketones is 1. The highest BCUT2D eigenvalue weighted by Crippen LogP contribution is 2.29. The lowest BCUT2D eigenvalue weighted by atomic mass is 10.0. The van der Waals surface area contributed by atoms with Crippen LogP contribution >= 0.6 is 0 Å². The molecule has 0 saturated carbocycles. The highest BCUT2D eigenvalue weighted by molar-refractivity contribution is 6.03. The molecule has 0 N–H and O–H groups in total. The quantitative estimate of drug-likeness (QED) is 0.514. The Morgan fingerprint density at radius 3 is 2.61 bits per heavy atom. The van der Waals surface area contributed by atoms with Crippen LogP contribution in [0, 0.1) is 0 Å². The van der Waals surface area contributed by atoms with E-state index in [-0.39, 0.29) is 11.8 Å². The van der Waals surface area contributed by atoms with Crippen LogP contribution in [0.15, 0.2) is 11.1 Å². The third-order valence-electron chi connectivity index (χ3n) is 3.35. The number of unbranched alkanes of at least 4 members (excludes halogenated alkanes) is 2. The number of carbonyl (C=O) groups excluding carboxylic acids is 2. The molecule has 0 radical (unpaired) electrons. The first-order valence-electron chi connectivity index (χ1n) is 7.02. The summed E-state index contributed by atoms with van der Waals surface area (Å²) in [6.45, 7) is 6.05. The van der Waals surface area contributed by atoms with E-state index in [0.717, 1.165) is 43.3 Å². The van der Waals surface area contributed by atoms with Crippen molar-refractivity contribution in [3.8, 4) is 0 Å². The van der Waals surface area contributed by atoms with Crippen LogP contribution < -0.4 is 0 Å². The largest absolute Gasteiger partial charge is 0.454 e. The molecule has 0 aliphatic heterocycles. The van der Waals surface area contributed by atoms with Crippen LogP contribution in [0.1, 0.15) is 65.7 Å². The van der Waals surface area contributed by atoms with Gasteiger partial charge in [0.15, 0.2) is 11.9 Å². The Kier molecular flexibility index (Phi) is 6.10.